The highest BCUT2D eigenvalue weighted by Gasteiger charge is 2.47. The quantitative estimate of drug-likeness (QED) is 0.421. The lowest BCUT2D eigenvalue weighted by Crippen LogP contribution is -2.54. The predicted octanol–water partition coefficient (Wildman–Crippen LogP) is 5.22. The molecule has 1 aromatic carbocycles. The summed E-state index contributed by atoms with van der Waals surface area (Å²) >= 11 is 0. The highest BCUT2D eigenvalue weighted by atomic mass is 16.6. The molecule has 3 rings (SSSR count). The van der Waals surface area contributed by atoms with Gasteiger partial charge in [-0.2, -0.15) is 0 Å². The number of hydrogen-bond acceptors (Lipinski definition) is 5. The Hall–Kier alpha value is -2.89. The topological polar surface area (TPSA) is 81.5 Å². The van der Waals surface area contributed by atoms with Gasteiger partial charge in [0.2, 0.25) is 0 Å². The zero-order chi connectivity index (χ0) is 21.8. The number of hydrogen-bond donors (Lipinski definition) is 1. The molecule has 0 bridgehead atoms. The van der Waals surface area contributed by atoms with E-state index in [1.807, 2.05) is 53.7 Å². The van der Waals surface area contributed by atoms with Crippen LogP contribution in [0.4, 0.5) is 11.4 Å². The number of rotatable bonds is 2. The monoisotopic (exact) mass is 396 g/mol. The lowest BCUT2D eigenvalue weighted by Gasteiger charge is -2.45. The summed E-state index contributed by atoms with van der Waals surface area (Å²) in [7, 11) is 0. The van der Waals surface area contributed by atoms with Crippen LogP contribution in [0.5, 0.6) is 5.75 Å². The van der Waals surface area contributed by atoms with Crippen LogP contribution in [0, 0.1) is 20.9 Å². The van der Waals surface area contributed by atoms with Gasteiger partial charge in [-0.15, -0.1) is 0 Å². The SMILES string of the molecule is C=C[C@@H]1Oc2cc([N+](=O)[O-])ccc2NC12C=C(C(C)(C)C)C(=O)C(C(C)(C)C)=C2. The van der Waals surface area contributed by atoms with Crippen LogP contribution in [-0.4, -0.2) is 22.3 Å². The number of ketones is 1. The average molecular weight is 396 g/mol. The Kier molecular flexibility index (Phi) is 4.72. The Morgan fingerprint density at radius 1 is 1.14 bits per heavy atom. The molecule has 0 radical (unpaired) electrons. The van der Waals surface area contributed by atoms with Gasteiger partial charge in [0.05, 0.1) is 16.7 Å². The molecule has 1 aliphatic carbocycles. The number of fused-ring (bicyclic) bond motifs is 1. The Labute approximate surface area is 171 Å². The van der Waals surface area contributed by atoms with Crippen LogP contribution in [0.1, 0.15) is 41.5 Å². The summed E-state index contributed by atoms with van der Waals surface area (Å²) in [6.45, 7) is 16.0. The van der Waals surface area contributed by atoms with E-state index < -0.39 is 16.6 Å². The van der Waals surface area contributed by atoms with Gasteiger partial charge >= 0.3 is 0 Å². The first-order valence-electron chi connectivity index (χ1n) is 9.66. The summed E-state index contributed by atoms with van der Waals surface area (Å²) in [5, 5.41) is 14.6. The van der Waals surface area contributed by atoms with Gasteiger partial charge in [0.15, 0.2) is 5.78 Å². The first-order chi connectivity index (χ1) is 13.3. The van der Waals surface area contributed by atoms with E-state index in [2.05, 4.69) is 11.9 Å². The molecule has 0 saturated carbocycles. The van der Waals surface area contributed by atoms with Crippen LogP contribution in [0.15, 0.2) is 54.2 Å². The molecule has 0 unspecified atom stereocenters. The van der Waals surface area contributed by atoms with Crippen molar-refractivity contribution < 1.29 is 14.5 Å². The third-order valence-electron chi connectivity index (χ3n) is 5.34. The van der Waals surface area contributed by atoms with Crippen LogP contribution in [0.2, 0.25) is 0 Å². The summed E-state index contributed by atoms with van der Waals surface area (Å²) < 4.78 is 6.14. The van der Waals surface area contributed by atoms with Crippen LogP contribution in [0.3, 0.4) is 0 Å². The van der Waals surface area contributed by atoms with Crippen molar-refractivity contribution in [2.45, 2.75) is 53.2 Å². The number of allylic oxidation sites excluding steroid dienone is 2. The summed E-state index contributed by atoms with van der Waals surface area (Å²) in [6, 6.07) is 4.48. The molecular weight excluding hydrogens is 368 g/mol. The lowest BCUT2D eigenvalue weighted by atomic mass is 9.67. The van der Waals surface area contributed by atoms with Crippen molar-refractivity contribution in [1.29, 1.82) is 0 Å². The molecule has 6 heteroatoms. The van der Waals surface area contributed by atoms with E-state index in [4.69, 9.17) is 4.74 Å². The number of carbonyl (C=O) groups excluding carboxylic acids is 1. The molecule has 1 N–H and O–H groups in total. The minimum absolute atomic E-state index is 0.0368. The molecule has 6 nitrogen and oxygen atoms in total. The number of nitrogens with zero attached hydrogens (tertiary/aromatic N) is 1. The molecule has 2 aliphatic rings. The van der Waals surface area contributed by atoms with Gasteiger partial charge in [-0.05, 0) is 35.1 Å². The third-order valence-corrected chi connectivity index (χ3v) is 5.34. The molecule has 154 valence electrons. The second kappa shape index (κ2) is 6.58. The van der Waals surface area contributed by atoms with E-state index >= 15 is 0 Å². The van der Waals surface area contributed by atoms with Gasteiger partial charge in [-0.1, -0.05) is 48.1 Å². The van der Waals surface area contributed by atoms with Gasteiger partial charge in [-0.25, -0.2) is 0 Å². The highest BCUT2D eigenvalue weighted by Crippen LogP contribution is 2.46. The van der Waals surface area contributed by atoms with E-state index in [0.29, 0.717) is 22.6 Å². The Morgan fingerprint density at radius 2 is 1.69 bits per heavy atom. The summed E-state index contributed by atoms with van der Waals surface area (Å²) in [4.78, 5) is 24.0. The van der Waals surface area contributed by atoms with Crippen molar-refractivity contribution in [3.8, 4) is 5.75 Å². The fraction of sp³-hybridized carbons (Fsp3) is 0.435. The maximum absolute atomic E-state index is 13.3. The third kappa shape index (κ3) is 3.59. The Balaban J connectivity index is 2.22. The first kappa shape index (κ1) is 20.8. The fourth-order valence-electron chi connectivity index (χ4n) is 3.75. The average Bonchev–Trinajstić information content (AvgIpc) is 2.60. The fourth-order valence-corrected chi connectivity index (χ4v) is 3.75. The maximum Gasteiger partial charge on any atom is 0.273 e. The lowest BCUT2D eigenvalue weighted by molar-refractivity contribution is -0.384. The van der Waals surface area contributed by atoms with Gasteiger partial charge in [0.25, 0.3) is 5.69 Å². The van der Waals surface area contributed by atoms with Crippen LogP contribution in [-0.2, 0) is 4.79 Å². The number of nitro groups is 1. The number of Topliss-reactive ketones (excluding diaryl/α,β-unsaturated/α-hetero) is 1. The zero-order valence-electron chi connectivity index (χ0n) is 17.8. The second-order valence-corrected chi connectivity index (χ2v) is 9.71. The van der Waals surface area contributed by atoms with Crippen LogP contribution in [0.25, 0.3) is 0 Å². The van der Waals surface area contributed by atoms with Crippen LogP contribution >= 0.6 is 0 Å². The number of nitrogens with one attached hydrogen (secondary N) is 1. The number of non-ortho nitro benzene ring substituents is 1. The van der Waals surface area contributed by atoms with Crippen molar-refractivity contribution in [1.82, 2.24) is 0 Å². The molecule has 0 aromatic heterocycles. The molecule has 1 heterocycles. The molecule has 0 fully saturated rings. The largest absolute Gasteiger partial charge is 0.481 e. The van der Waals surface area contributed by atoms with Crippen molar-refractivity contribution in [2.24, 2.45) is 10.8 Å². The van der Waals surface area contributed by atoms with Crippen molar-refractivity contribution >= 4 is 17.2 Å². The molecule has 1 aromatic rings. The second-order valence-electron chi connectivity index (χ2n) is 9.71. The molecule has 1 aliphatic heterocycles. The maximum atomic E-state index is 13.3. The van der Waals surface area contributed by atoms with Crippen molar-refractivity contribution in [3.05, 3.63) is 64.3 Å². The molecule has 29 heavy (non-hydrogen) atoms. The highest BCUT2D eigenvalue weighted by molar-refractivity contribution is 6.11. The van der Waals surface area contributed by atoms with Crippen molar-refractivity contribution in [2.75, 3.05) is 5.32 Å². The van der Waals surface area contributed by atoms with E-state index in [-0.39, 0.29) is 22.3 Å². The van der Waals surface area contributed by atoms with Gasteiger partial charge < -0.3 is 10.1 Å². The molecule has 0 saturated heterocycles. The Bertz CT molecular complexity index is 924. The molecule has 1 atom stereocenters. The van der Waals surface area contributed by atoms with E-state index in [0.717, 1.165) is 0 Å². The first-order valence-corrected chi connectivity index (χ1v) is 9.66. The Morgan fingerprint density at radius 3 is 2.14 bits per heavy atom. The van der Waals surface area contributed by atoms with Gasteiger partial charge in [0, 0.05) is 17.2 Å². The number of ether oxygens (including phenoxy) is 1. The predicted molar refractivity (Wildman–Crippen MR) is 114 cm³/mol. The summed E-state index contributed by atoms with van der Waals surface area (Å²) in [5.74, 6) is 0.428. The van der Waals surface area contributed by atoms with Crippen LogP contribution < -0.4 is 10.1 Å². The van der Waals surface area contributed by atoms with Gasteiger partial charge in [-0.3, -0.25) is 14.9 Å². The van der Waals surface area contributed by atoms with E-state index in [1.165, 1.54) is 12.1 Å². The minimum Gasteiger partial charge on any atom is -0.481 e. The minimum atomic E-state index is -0.815. The summed E-state index contributed by atoms with van der Waals surface area (Å²) in [5.41, 5.74) is 0.466. The standard InChI is InChI=1S/C23H28N2O4/c1-8-19-23(24-17-10-9-14(25(27)28)11-18(17)29-19)12-15(21(2,3)4)20(26)16(13-23)22(5,6)7/h8-13,19,24H,1H2,2-7H3/t19-/m0/s1. The number of carbonyl (C=O) groups is 1. The van der Waals surface area contributed by atoms with E-state index in [1.54, 1.807) is 12.1 Å². The number of anilines is 1. The summed E-state index contributed by atoms with van der Waals surface area (Å²) in [6.07, 6.45) is 4.99. The normalized spacial score (nSPS) is 20.8. The number of benzene rings is 1. The van der Waals surface area contributed by atoms with Gasteiger partial charge in [0.1, 0.15) is 17.4 Å². The number of nitro benzene ring substituents is 1. The smallest absolute Gasteiger partial charge is 0.273 e. The zero-order valence-corrected chi connectivity index (χ0v) is 17.8. The van der Waals surface area contributed by atoms with Crippen molar-refractivity contribution in [3.63, 3.8) is 0 Å². The molecular formula is C23H28N2O4. The van der Waals surface area contributed by atoms with E-state index in [9.17, 15) is 14.9 Å². The molecule has 0 amide bonds. The molecule has 1 spiro atoms.